The number of aryl methyl sites for hydroxylation is 2. The monoisotopic (exact) mass is 357 g/mol. The van der Waals surface area contributed by atoms with Crippen LogP contribution in [0.4, 0.5) is 0 Å². The second kappa shape index (κ2) is 10.6. The van der Waals surface area contributed by atoms with Gasteiger partial charge in [0.05, 0.1) is 11.9 Å². The molecule has 4 nitrogen and oxygen atoms in total. The van der Waals surface area contributed by atoms with E-state index in [0.29, 0.717) is 0 Å². The molecule has 0 aliphatic rings. The molecule has 0 unspecified atom stereocenters. The first-order valence-corrected chi connectivity index (χ1v) is 7.08. The Balaban J connectivity index is 0.000000403. The quantitative estimate of drug-likeness (QED) is 0.824. The molecule has 0 bridgehead atoms. The average Bonchev–Trinajstić information content (AvgIpc) is 2.55. The predicted octanol–water partition coefficient (Wildman–Crippen LogP) is 1.22. The number of carboxylic acid groups (broad SMARTS) is 2. The van der Waals surface area contributed by atoms with Crippen molar-refractivity contribution in [2.24, 2.45) is 0 Å². The van der Waals surface area contributed by atoms with Crippen molar-refractivity contribution in [2.75, 3.05) is 0 Å². The molecule has 0 amide bonds. The largest absolute Gasteiger partial charge is 2.00 e. The zero-order chi connectivity index (χ0) is 16.5. The van der Waals surface area contributed by atoms with Crippen molar-refractivity contribution in [1.82, 2.24) is 0 Å². The molecule has 1 radical (unpaired) electrons. The van der Waals surface area contributed by atoms with Gasteiger partial charge >= 0.3 is 16.8 Å². The molecule has 0 spiro atoms. The molecule has 0 heterocycles. The Morgan fingerprint density at radius 2 is 0.957 bits per heavy atom. The first-order valence-electron chi connectivity index (χ1n) is 7.08. The van der Waals surface area contributed by atoms with Gasteiger partial charge in [-0.2, -0.15) is 0 Å². The molecular formula is C18H18CoO4. The molecular weight excluding hydrogens is 339 g/mol. The average molecular weight is 357 g/mol. The van der Waals surface area contributed by atoms with Crippen molar-refractivity contribution >= 4 is 11.9 Å². The van der Waals surface area contributed by atoms with E-state index < -0.39 is 11.9 Å². The Bertz CT molecular complexity index is 561. The van der Waals surface area contributed by atoms with E-state index in [0.717, 1.165) is 24.0 Å². The van der Waals surface area contributed by atoms with E-state index in [-0.39, 0.29) is 27.9 Å². The number of aromatic carboxylic acids is 2. The molecule has 123 valence electrons. The van der Waals surface area contributed by atoms with Crippen LogP contribution in [-0.2, 0) is 29.6 Å². The summed E-state index contributed by atoms with van der Waals surface area (Å²) in [5.74, 6) is -2.24. The van der Waals surface area contributed by atoms with E-state index in [2.05, 4.69) is 0 Å². The van der Waals surface area contributed by atoms with Crippen molar-refractivity contribution in [3.05, 3.63) is 70.8 Å². The maximum absolute atomic E-state index is 10.3. The van der Waals surface area contributed by atoms with Crippen LogP contribution < -0.4 is 10.2 Å². The van der Waals surface area contributed by atoms with E-state index in [1.54, 1.807) is 48.5 Å². The molecule has 0 N–H and O–H groups in total. The van der Waals surface area contributed by atoms with Gasteiger partial charge in [0, 0.05) is 0 Å². The molecule has 23 heavy (non-hydrogen) atoms. The van der Waals surface area contributed by atoms with Crippen molar-refractivity contribution in [1.29, 1.82) is 0 Å². The van der Waals surface area contributed by atoms with Crippen molar-refractivity contribution < 1.29 is 36.6 Å². The third-order valence-electron chi connectivity index (χ3n) is 3.20. The minimum Gasteiger partial charge on any atom is -0.545 e. The number of benzene rings is 2. The maximum Gasteiger partial charge on any atom is 2.00 e. The van der Waals surface area contributed by atoms with Crippen LogP contribution in [-0.4, -0.2) is 11.9 Å². The number of carboxylic acids is 2. The standard InChI is InChI=1S/2C9H10O2.Co/c2*1-2-7-3-5-8(6-4-7)9(10)11;/h2*3-6H,2H2,1H3,(H,10,11);/q;;+2/p-2. The van der Waals surface area contributed by atoms with Gasteiger partial charge in [0.1, 0.15) is 0 Å². The van der Waals surface area contributed by atoms with Crippen molar-refractivity contribution in [3.8, 4) is 0 Å². The van der Waals surface area contributed by atoms with Gasteiger partial charge in [0.15, 0.2) is 0 Å². The van der Waals surface area contributed by atoms with Crippen molar-refractivity contribution in [2.45, 2.75) is 26.7 Å². The van der Waals surface area contributed by atoms with Gasteiger partial charge in [-0.15, -0.1) is 0 Å². The Morgan fingerprint density at radius 3 is 1.13 bits per heavy atom. The first kappa shape index (κ1) is 20.9. The van der Waals surface area contributed by atoms with Crippen LogP contribution in [0.25, 0.3) is 0 Å². The molecule has 0 aliphatic heterocycles. The summed E-state index contributed by atoms with van der Waals surface area (Å²) in [7, 11) is 0. The predicted molar refractivity (Wildman–Crippen MR) is 80.3 cm³/mol. The van der Waals surface area contributed by atoms with Gasteiger partial charge in [0.25, 0.3) is 0 Å². The summed E-state index contributed by atoms with van der Waals surface area (Å²) in [6.45, 7) is 4.04. The van der Waals surface area contributed by atoms with Gasteiger partial charge < -0.3 is 19.8 Å². The van der Waals surface area contributed by atoms with Gasteiger partial charge in [-0.25, -0.2) is 0 Å². The molecule has 0 aromatic heterocycles. The third-order valence-corrected chi connectivity index (χ3v) is 3.20. The summed E-state index contributed by atoms with van der Waals surface area (Å²) in [4.78, 5) is 20.6. The van der Waals surface area contributed by atoms with Gasteiger partial charge in [-0.05, 0) is 35.1 Å². The van der Waals surface area contributed by atoms with E-state index in [4.69, 9.17) is 0 Å². The first-order chi connectivity index (χ1) is 10.5. The summed E-state index contributed by atoms with van der Waals surface area (Å²) < 4.78 is 0. The summed E-state index contributed by atoms with van der Waals surface area (Å²) >= 11 is 0. The number of carbonyl (C=O) groups excluding carboxylic acids is 2. The van der Waals surface area contributed by atoms with Gasteiger partial charge in [-0.1, -0.05) is 62.4 Å². The molecule has 2 aromatic rings. The fraction of sp³-hybridized carbons (Fsp3) is 0.222. The second-order valence-electron chi connectivity index (χ2n) is 4.68. The minimum atomic E-state index is -1.12. The second-order valence-corrected chi connectivity index (χ2v) is 4.68. The summed E-state index contributed by atoms with van der Waals surface area (Å²) in [6.07, 6.45) is 1.85. The zero-order valence-corrected chi connectivity index (χ0v) is 14.0. The Labute approximate surface area is 146 Å². The van der Waals surface area contributed by atoms with Crippen LogP contribution in [0.5, 0.6) is 0 Å². The van der Waals surface area contributed by atoms with Crippen molar-refractivity contribution in [3.63, 3.8) is 0 Å². The van der Waals surface area contributed by atoms with E-state index in [9.17, 15) is 19.8 Å². The molecule has 2 rings (SSSR count). The van der Waals surface area contributed by atoms with E-state index >= 15 is 0 Å². The van der Waals surface area contributed by atoms with Crippen LogP contribution in [0.3, 0.4) is 0 Å². The number of hydrogen-bond donors (Lipinski definition) is 0. The topological polar surface area (TPSA) is 80.3 Å². The Morgan fingerprint density at radius 1 is 0.696 bits per heavy atom. The van der Waals surface area contributed by atoms with E-state index in [1.807, 2.05) is 13.8 Å². The van der Waals surface area contributed by atoms with Crippen LogP contribution in [0.2, 0.25) is 0 Å². The Kier molecular flexibility index (Phi) is 9.61. The number of hydrogen-bond acceptors (Lipinski definition) is 4. The molecule has 0 fully saturated rings. The summed E-state index contributed by atoms with van der Waals surface area (Å²) in [5.41, 5.74) is 2.74. The van der Waals surface area contributed by atoms with Crippen LogP contribution >= 0.6 is 0 Å². The molecule has 5 heteroatoms. The number of rotatable bonds is 4. The fourth-order valence-corrected chi connectivity index (χ4v) is 1.75. The summed E-state index contributed by atoms with van der Waals surface area (Å²) in [6, 6.07) is 13.4. The Hall–Kier alpha value is -2.11. The zero-order valence-electron chi connectivity index (χ0n) is 13.0. The van der Waals surface area contributed by atoms with Gasteiger partial charge in [-0.3, -0.25) is 0 Å². The van der Waals surface area contributed by atoms with Crippen LogP contribution in [0.1, 0.15) is 45.7 Å². The van der Waals surface area contributed by atoms with E-state index in [1.165, 1.54) is 0 Å². The smallest absolute Gasteiger partial charge is 0.545 e. The van der Waals surface area contributed by atoms with Crippen LogP contribution in [0, 0.1) is 0 Å². The normalized spacial score (nSPS) is 9.13. The summed E-state index contributed by atoms with van der Waals surface area (Å²) in [5, 5.41) is 20.6. The molecule has 0 atom stereocenters. The molecule has 0 aliphatic carbocycles. The van der Waals surface area contributed by atoms with Gasteiger partial charge in [0.2, 0.25) is 0 Å². The maximum atomic E-state index is 10.3. The SMILES string of the molecule is CCc1ccc(C(=O)[O-])cc1.CCc1ccc(C(=O)[O-])cc1.[Co+2]. The van der Waals surface area contributed by atoms with Crippen LogP contribution in [0.15, 0.2) is 48.5 Å². The molecule has 0 saturated carbocycles. The minimum absolute atomic E-state index is 0. The molecule has 2 aromatic carbocycles. The third kappa shape index (κ3) is 7.12. The fourth-order valence-electron chi connectivity index (χ4n) is 1.75. The number of carbonyl (C=O) groups is 2. The molecule has 0 saturated heterocycles.